The van der Waals surface area contributed by atoms with E-state index in [2.05, 4.69) is 6.58 Å². The van der Waals surface area contributed by atoms with Crippen LogP contribution in [0.4, 0.5) is 0 Å². The van der Waals surface area contributed by atoms with Crippen molar-refractivity contribution in [2.75, 3.05) is 6.61 Å². The van der Waals surface area contributed by atoms with E-state index in [0.717, 1.165) is 0 Å². The summed E-state index contributed by atoms with van der Waals surface area (Å²) in [6, 6.07) is 0. The van der Waals surface area contributed by atoms with Crippen molar-refractivity contribution < 1.29 is 54.8 Å². The molecule has 0 amide bonds. The van der Waals surface area contributed by atoms with Crippen LogP contribution in [0.5, 0.6) is 0 Å². The van der Waals surface area contributed by atoms with Gasteiger partial charge in [0.2, 0.25) is 0 Å². The zero-order valence-electron chi connectivity index (χ0n) is 23.1. The predicted molar refractivity (Wildman–Crippen MR) is 135 cm³/mol. The van der Waals surface area contributed by atoms with Crippen molar-refractivity contribution in [3.05, 3.63) is 12.2 Å². The van der Waals surface area contributed by atoms with Gasteiger partial charge in [-0.15, -0.1) is 0 Å². The standard InChI is InChI=1S/C28H44O11/c1-12-14-6-7-15-23(34)27(14,11-26(15,5)35)9-19(37-13(2)30)28(36)16(12)8-18(25(28,3)4)39-24-22(33)21(32)20(31)17(10-29)38-24/h14-24,29,31-36H,1,6-11H2,2-5H3/t14-,15-,16+,17+,18+,19-,20+,21-,22+,23-,24-,26+,27+,28-/m1/s1. The summed E-state index contributed by atoms with van der Waals surface area (Å²) in [6.07, 6.45) is -8.09. The van der Waals surface area contributed by atoms with Gasteiger partial charge in [0.05, 0.1) is 24.4 Å². The van der Waals surface area contributed by atoms with Crippen LogP contribution in [-0.4, -0.2) is 109 Å². The van der Waals surface area contributed by atoms with Gasteiger partial charge in [0.1, 0.15) is 36.1 Å². The first-order chi connectivity index (χ1) is 18.0. The number of hydrogen-bond donors (Lipinski definition) is 7. The normalized spacial score (nSPS) is 54.5. The Labute approximate surface area is 228 Å². The molecule has 39 heavy (non-hydrogen) atoms. The number of esters is 1. The second-order valence-electron chi connectivity index (χ2n) is 13.5. The SMILES string of the molecule is C=C1[C@H]2CC[C@@H]3[C@@H](O)[C@@]2(C[C@@H](OC(C)=O)[C@]2(O)[C@H]1C[C@H](O[C@H]1O[C@@H](CO)[C@H](O)[C@@H](O)[C@@H]1O)C2(C)C)C[C@]3(C)O. The molecule has 0 aromatic heterocycles. The third kappa shape index (κ3) is 3.99. The molecule has 4 aliphatic carbocycles. The molecule has 1 saturated heterocycles. The van der Waals surface area contributed by atoms with Gasteiger partial charge in [0.25, 0.3) is 0 Å². The molecule has 1 aliphatic heterocycles. The molecular weight excluding hydrogens is 512 g/mol. The fourth-order valence-electron chi connectivity index (χ4n) is 9.08. The van der Waals surface area contributed by atoms with Crippen LogP contribution in [0.2, 0.25) is 0 Å². The summed E-state index contributed by atoms with van der Waals surface area (Å²) in [5.74, 6) is -1.78. The first kappa shape index (κ1) is 29.3. The second-order valence-corrected chi connectivity index (χ2v) is 13.5. The Morgan fingerprint density at radius 1 is 1.03 bits per heavy atom. The molecule has 1 spiro atoms. The highest BCUT2D eigenvalue weighted by Crippen LogP contribution is 2.69. The summed E-state index contributed by atoms with van der Waals surface area (Å²) in [6.45, 7) is 10.4. The summed E-state index contributed by atoms with van der Waals surface area (Å²) < 4.78 is 17.6. The number of carbonyl (C=O) groups excluding carboxylic acids is 1. The van der Waals surface area contributed by atoms with Crippen LogP contribution in [0.25, 0.3) is 0 Å². The maximum Gasteiger partial charge on any atom is 0.303 e. The monoisotopic (exact) mass is 556 g/mol. The lowest BCUT2D eigenvalue weighted by molar-refractivity contribution is -0.321. The van der Waals surface area contributed by atoms with Gasteiger partial charge in [0, 0.05) is 29.6 Å². The molecule has 222 valence electrons. The van der Waals surface area contributed by atoms with E-state index in [9.17, 15) is 40.5 Å². The van der Waals surface area contributed by atoms with Crippen LogP contribution in [0.15, 0.2) is 12.2 Å². The maximum absolute atomic E-state index is 12.6. The van der Waals surface area contributed by atoms with Gasteiger partial charge in [-0.2, -0.15) is 0 Å². The number of rotatable bonds is 4. The fourth-order valence-corrected chi connectivity index (χ4v) is 9.08. The van der Waals surface area contributed by atoms with Crippen molar-refractivity contribution in [3.8, 4) is 0 Å². The number of hydrogen-bond acceptors (Lipinski definition) is 11. The molecular formula is C28H44O11. The number of carbonyl (C=O) groups is 1. The topological polar surface area (TPSA) is 186 Å². The molecule has 11 nitrogen and oxygen atoms in total. The Morgan fingerprint density at radius 2 is 1.69 bits per heavy atom. The zero-order valence-corrected chi connectivity index (χ0v) is 23.1. The molecule has 1 heterocycles. The highest BCUT2D eigenvalue weighted by molar-refractivity contribution is 5.66. The Kier molecular flexibility index (Phi) is 7.10. The molecule has 4 saturated carbocycles. The average Bonchev–Trinajstić information content (AvgIpc) is 3.06. The van der Waals surface area contributed by atoms with Crippen LogP contribution >= 0.6 is 0 Å². The second kappa shape index (κ2) is 9.43. The molecule has 0 radical (unpaired) electrons. The van der Waals surface area contributed by atoms with Gasteiger partial charge in [-0.05, 0) is 44.9 Å². The number of aliphatic hydroxyl groups is 7. The Morgan fingerprint density at radius 3 is 2.31 bits per heavy atom. The summed E-state index contributed by atoms with van der Waals surface area (Å²) >= 11 is 0. The van der Waals surface area contributed by atoms with Crippen molar-refractivity contribution in [3.63, 3.8) is 0 Å². The number of fused-ring (bicyclic) bond motifs is 2. The largest absolute Gasteiger partial charge is 0.459 e. The van der Waals surface area contributed by atoms with Gasteiger partial charge < -0.3 is 50.0 Å². The van der Waals surface area contributed by atoms with Crippen LogP contribution in [-0.2, 0) is 19.0 Å². The van der Waals surface area contributed by atoms with Gasteiger partial charge in [-0.3, -0.25) is 4.79 Å². The van der Waals surface area contributed by atoms with E-state index >= 15 is 0 Å². The number of aliphatic hydroxyl groups excluding tert-OH is 5. The minimum atomic E-state index is -1.69. The molecule has 0 unspecified atom stereocenters. The van der Waals surface area contributed by atoms with E-state index < -0.39 is 89.5 Å². The van der Waals surface area contributed by atoms with E-state index in [4.69, 9.17) is 14.2 Å². The molecule has 2 bridgehead atoms. The Balaban J connectivity index is 1.53. The highest BCUT2D eigenvalue weighted by atomic mass is 16.7. The molecule has 14 atom stereocenters. The maximum atomic E-state index is 12.6. The minimum absolute atomic E-state index is 0.132. The van der Waals surface area contributed by atoms with Gasteiger partial charge in [-0.1, -0.05) is 26.0 Å². The molecule has 5 fully saturated rings. The van der Waals surface area contributed by atoms with Crippen molar-refractivity contribution >= 4 is 5.97 Å². The highest BCUT2D eigenvalue weighted by Gasteiger charge is 2.73. The molecule has 0 aromatic carbocycles. The summed E-state index contributed by atoms with van der Waals surface area (Å²) in [4.78, 5) is 12.4. The average molecular weight is 557 g/mol. The summed E-state index contributed by atoms with van der Waals surface area (Å²) in [7, 11) is 0. The molecule has 7 N–H and O–H groups in total. The molecule has 0 aromatic rings. The van der Waals surface area contributed by atoms with E-state index in [1.54, 1.807) is 20.8 Å². The van der Waals surface area contributed by atoms with Crippen molar-refractivity contribution in [2.45, 2.75) is 120 Å². The molecule has 5 aliphatic rings. The first-order valence-corrected chi connectivity index (χ1v) is 14.0. The fraction of sp³-hybridized carbons (Fsp3) is 0.893. The smallest absolute Gasteiger partial charge is 0.303 e. The third-order valence-electron chi connectivity index (χ3n) is 11.1. The molecule has 5 rings (SSSR count). The van der Waals surface area contributed by atoms with Crippen LogP contribution < -0.4 is 0 Å². The van der Waals surface area contributed by atoms with Gasteiger partial charge >= 0.3 is 5.97 Å². The van der Waals surface area contributed by atoms with Crippen molar-refractivity contribution in [2.24, 2.45) is 28.6 Å². The van der Waals surface area contributed by atoms with Gasteiger partial charge in [0.15, 0.2) is 6.29 Å². The molecule has 11 heteroatoms. The van der Waals surface area contributed by atoms with E-state index in [-0.39, 0.29) is 24.7 Å². The third-order valence-corrected chi connectivity index (χ3v) is 11.1. The summed E-state index contributed by atoms with van der Waals surface area (Å²) in [5, 5.41) is 76.1. The van der Waals surface area contributed by atoms with Crippen LogP contribution in [0, 0.1) is 28.6 Å². The lowest BCUT2D eigenvalue weighted by Gasteiger charge is -2.48. The van der Waals surface area contributed by atoms with E-state index in [1.807, 2.05) is 0 Å². The predicted octanol–water partition coefficient (Wildman–Crippen LogP) is -0.631. The Bertz CT molecular complexity index is 996. The Hall–Kier alpha value is -1.15. The van der Waals surface area contributed by atoms with Crippen LogP contribution in [0.1, 0.15) is 59.8 Å². The van der Waals surface area contributed by atoms with E-state index in [1.165, 1.54) is 6.92 Å². The zero-order chi connectivity index (χ0) is 28.9. The lowest BCUT2D eigenvalue weighted by atomic mass is 9.61. The van der Waals surface area contributed by atoms with Gasteiger partial charge in [-0.25, -0.2) is 0 Å². The van der Waals surface area contributed by atoms with Crippen LogP contribution in [0.3, 0.4) is 0 Å². The number of ether oxygens (including phenoxy) is 3. The van der Waals surface area contributed by atoms with E-state index in [0.29, 0.717) is 24.8 Å². The minimum Gasteiger partial charge on any atom is -0.459 e. The summed E-state index contributed by atoms with van der Waals surface area (Å²) in [5.41, 5.74) is -4.04. The van der Waals surface area contributed by atoms with Crippen molar-refractivity contribution in [1.82, 2.24) is 0 Å². The quantitative estimate of drug-likeness (QED) is 0.173. The van der Waals surface area contributed by atoms with Crippen molar-refractivity contribution in [1.29, 1.82) is 0 Å². The first-order valence-electron chi connectivity index (χ1n) is 14.0. The lowest BCUT2D eigenvalue weighted by Crippen LogP contribution is -2.61.